The standard InChI is InChI=1S/C28H32N2O6/c1-18-11-13-22(33-2)21(16-18)30(28(32)24-10-7-15-36-24)26(27(31)29-20-8-5-6-9-20)19-12-14-23(34-3)25(17-19)35-4/h7,10-17,20,26H,5-6,8-9H2,1-4H3,(H,29,31)/t26-/m1/s1. The van der Waals surface area contributed by atoms with E-state index in [2.05, 4.69) is 5.32 Å². The molecule has 8 nitrogen and oxygen atoms in total. The van der Waals surface area contributed by atoms with Crippen LogP contribution >= 0.6 is 0 Å². The van der Waals surface area contributed by atoms with E-state index in [4.69, 9.17) is 18.6 Å². The van der Waals surface area contributed by atoms with E-state index in [1.54, 1.807) is 43.5 Å². The zero-order valence-corrected chi connectivity index (χ0v) is 21.1. The molecular weight excluding hydrogens is 460 g/mol. The van der Waals surface area contributed by atoms with E-state index in [0.29, 0.717) is 28.5 Å². The van der Waals surface area contributed by atoms with Gasteiger partial charge in [0.2, 0.25) is 5.91 Å². The first-order valence-electron chi connectivity index (χ1n) is 12.0. The molecule has 1 fully saturated rings. The minimum absolute atomic E-state index is 0.0557. The first-order valence-corrected chi connectivity index (χ1v) is 12.0. The van der Waals surface area contributed by atoms with Gasteiger partial charge in [-0.05, 0) is 67.3 Å². The molecule has 1 N–H and O–H groups in total. The van der Waals surface area contributed by atoms with Gasteiger partial charge in [-0.1, -0.05) is 25.0 Å². The van der Waals surface area contributed by atoms with Crippen LogP contribution in [0.2, 0.25) is 0 Å². The van der Waals surface area contributed by atoms with Gasteiger partial charge in [-0.2, -0.15) is 0 Å². The fourth-order valence-electron chi connectivity index (χ4n) is 4.66. The smallest absolute Gasteiger partial charge is 0.295 e. The third kappa shape index (κ3) is 5.17. The average Bonchev–Trinajstić information content (AvgIpc) is 3.61. The molecule has 190 valence electrons. The molecule has 2 amide bonds. The summed E-state index contributed by atoms with van der Waals surface area (Å²) in [6.45, 7) is 1.92. The average molecular weight is 493 g/mol. The molecule has 1 aromatic heterocycles. The molecule has 0 spiro atoms. The molecule has 3 aromatic rings. The Morgan fingerprint density at radius 1 is 0.944 bits per heavy atom. The van der Waals surface area contributed by atoms with Crippen molar-refractivity contribution in [1.29, 1.82) is 0 Å². The number of rotatable bonds is 9. The van der Waals surface area contributed by atoms with Crippen molar-refractivity contribution in [2.24, 2.45) is 0 Å². The van der Waals surface area contributed by atoms with Gasteiger partial charge in [0.1, 0.15) is 11.8 Å². The zero-order valence-electron chi connectivity index (χ0n) is 21.1. The van der Waals surface area contributed by atoms with E-state index in [9.17, 15) is 9.59 Å². The fraction of sp³-hybridized carbons (Fsp3) is 0.357. The summed E-state index contributed by atoms with van der Waals surface area (Å²) in [7, 11) is 4.62. The van der Waals surface area contributed by atoms with Gasteiger partial charge in [-0.3, -0.25) is 14.5 Å². The lowest BCUT2D eigenvalue weighted by molar-refractivity contribution is -0.123. The van der Waals surface area contributed by atoms with E-state index < -0.39 is 11.9 Å². The lowest BCUT2D eigenvalue weighted by Gasteiger charge is -2.33. The molecule has 0 bridgehead atoms. The molecule has 1 saturated carbocycles. The van der Waals surface area contributed by atoms with Crippen molar-refractivity contribution in [3.05, 3.63) is 71.7 Å². The third-order valence-electron chi connectivity index (χ3n) is 6.48. The number of ether oxygens (including phenoxy) is 3. The summed E-state index contributed by atoms with van der Waals surface area (Å²) in [5, 5.41) is 3.17. The Bertz CT molecular complexity index is 1200. The maximum atomic E-state index is 14.0. The van der Waals surface area contributed by atoms with Crippen LogP contribution in [0.1, 0.15) is 53.4 Å². The van der Waals surface area contributed by atoms with E-state index in [1.807, 2.05) is 19.1 Å². The predicted octanol–water partition coefficient (Wildman–Crippen LogP) is 5.06. The second-order valence-electron chi connectivity index (χ2n) is 8.83. The SMILES string of the molecule is COc1ccc([C@H](C(=O)NC2CCCC2)N(C(=O)c2ccco2)c2cc(C)ccc2OC)cc1OC. The number of aryl methyl sites for hydroxylation is 1. The summed E-state index contributed by atoms with van der Waals surface area (Å²) >= 11 is 0. The first kappa shape index (κ1) is 25.2. The monoisotopic (exact) mass is 492 g/mol. The van der Waals surface area contributed by atoms with Gasteiger partial charge in [0.25, 0.3) is 5.91 Å². The largest absolute Gasteiger partial charge is 0.495 e. The van der Waals surface area contributed by atoms with Crippen LogP contribution in [0.15, 0.2) is 59.2 Å². The molecule has 0 radical (unpaired) electrons. The third-order valence-corrected chi connectivity index (χ3v) is 6.48. The number of carbonyl (C=O) groups excluding carboxylic acids is 2. The first-order chi connectivity index (χ1) is 17.5. The molecule has 0 unspecified atom stereocenters. The van der Waals surface area contributed by atoms with Gasteiger partial charge in [0.15, 0.2) is 17.3 Å². The number of benzene rings is 2. The minimum Gasteiger partial charge on any atom is -0.495 e. The molecule has 8 heteroatoms. The van der Waals surface area contributed by atoms with Gasteiger partial charge < -0.3 is 23.9 Å². The van der Waals surface area contributed by atoms with E-state index in [1.165, 1.54) is 25.4 Å². The quantitative estimate of drug-likeness (QED) is 0.449. The molecule has 0 aliphatic heterocycles. The van der Waals surface area contributed by atoms with Crippen LogP contribution in [0.25, 0.3) is 0 Å². The number of methoxy groups -OCH3 is 3. The Morgan fingerprint density at radius 3 is 2.28 bits per heavy atom. The highest BCUT2D eigenvalue weighted by molar-refractivity contribution is 6.09. The van der Waals surface area contributed by atoms with Crippen molar-refractivity contribution < 1.29 is 28.2 Å². The van der Waals surface area contributed by atoms with Crippen LogP contribution < -0.4 is 24.4 Å². The number of carbonyl (C=O) groups is 2. The highest BCUT2D eigenvalue weighted by Gasteiger charge is 2.37. The molecule has 36 heavy (non-hydrogen) atoms. The van der Waals surface area contributed by atoms with Crippen LogP contribution in [0.3, 0.4) is 0 Å². The van der Waals surface area contributed by atoms with E-state index >= 15 is 0 Å². The van der Waals surface area contributed by atoms with Crippen molar-refractivity contribution >= 4 is 17.5 Å². The van der Waals surface area contributed by atoms with E-state index in [-0.39, 0.29) is 17.7 Å². The Hall–Kier alpha value is -3.94. The summed E-state index contributed by atoms with van der Waals surface area (Å²) in [5.74, 6) is 0.781. The van der Waals surface area contributed by atoms with Crippen LogP contribution in [0, 0.1) is 6.92 Å². The Morgan fingerprint density at radius 2 is 1.64 bits per heavy atom. The number of furan rings is 1. The summed E-state index contributed by atoms with van der Waals surface area (Å²) in [6.07, 6.45) is 5.37. The minimum atomic E-state index is -1.03. The summed E-state index contributed by atoms with van der Waals surface area (Å²) < 4.78 is 22.0. The van der Waals surface area contributed by atoms with Crippen molar-refractivity contribution in [2.75, 3.05) is 26.2 Å². The van der Waals surface area contributed by atoms with Gasteiger partial charge in [-0.15, -0.1) is 0 Å². The predicted molar refractivity (Wildman–Crippen MR) is 136 cm³/mol. The van der Waals surface area contributed by atoms with Crippen molar-refractivity contribution in [3.8, 4) is 17.2 Å². The Balaban J connectivity index is 1.91. The summed E-state index contributed by atoms with van der Waals surface area (Å²) in [6, 6.07) is 13.0. The fourth-order valence-corrected chi connectivity index (χ4v) is 4.66. The van der Waals surface area contributed by atoms with Crippen LogP contribution in [0.5, 0.6) is 17.2 Å². The highest BCUT2D eigenvalue weighted by Crippen LogP contribution is 2.39. The second-order valence-corrected chi connectivity index (χ2v) is 8.83. The van der Waals surface area contributed by atoms with Crippen LogP contribution in [-0.2, 0) is 4.79 Å². The Labute approximate surface area is 211 Å². The number of hydrogen-bond donors (Lipinski definition) is 1. The molecule has 1 aliphatic rings. The van der Waals surface area contributed by atoms with Crippen molar-refractivity contribution in [1.82, 2.24) is 5.32 Å². The van der Waals surface area contributed by atoms with Crippen LogP contribution in [-0.4, -0.2) is 39.2 Å². The molecule has 2 aromatic carbocycles. The van der Waals surface area contributed by atoms with Crippen molar-refractivity contribution in [3.63, 3.8) is 0 Å². The molecule has 4 rings (SSSR count). The Kier molecular flexibility index (Phi) is 7.83. The number of amides is 2. The number of nitrogens with zero attached hydrogens (tertiary/aromatic N) is 1. The second kappa shape index (κ2) is 11.2. The molecule has 1 atom stereocenters. The van der Waals surface area contributed by atoms with E-state index in [0.717, 1.165) is 31.2 Å². The summed E-state index contributed by atoms with van der Waals surface area (Å²) in [4.78, 5) is 29.4. The van der Waals surface area contributed by atoms with Crippen molar-refractivity contribution in [2.45, 2.75) is 44.7 Å². The maximum absolute atomic E-state index is 14.0. The lowest BCUT2D eigenvalue weighted by atomic mass is 10.0. The zero-order chi connectivity index (χ0) is 25.7. The normalized spacial score (nSPS) is 14.2. The van der Waals surface area contributed by atoms with Gasteiger partial charge >= 0.3 is 0 Å². The molecule has 0 saturated heterocycles. The number of anilines is 1. The topological polar surface area (TPSA) is 90.2 Å². The van der Waals surface area contributed by atoms with Crippen LogP contribution in [0.4, 0.5) is 5.69 Å². The van der Waals surface area contributed by atoms with Gasteiger partial charge in [0.05, 0.1) is 33.3 Å². The summed E-state index contributed by atoms with van der Waals surface area (Å²) in [5.41, 5.74) is 1.93. The number of nitrogens with one attached hydrogen (secondary N) is 1. The number of hydrogen-bond acceptors (Lipinski definition) is 6. The lowest BCUT2D eigenvalue weighted by Crippen LogP contribution is -2.46. The molecule has 1 heterocycles. The van der Waals surface area contributed by atoms with Gasteiger partial charge in [0, 0.05) is 6.04 Å². The highest BCUT2D eigenvalue weighted by atomic mass is 16.5. The maximum Gasteiger partial charge on any atom is 0.295 e. The molecular formula is C28H32N2O6. The molecule has 1 aliphatic carbocycles. The van der Waals surface area contributed by atoms with Gasteiger partial charge in [-0.25, -0.2) is 0 Å².